The van der Waals surface area contributed by atoms with Crippen LogP contribution in [0.4, 0.5) is 13.2 Å². The van der Waals surface area contributed by atoms with Crippen LogP contribution in [0.2, 0.25) is 0 Å². The van der Waals surface area contributed by atoms with E-state index in [1.165, 1.54) is 7.11 Å². The van der Waals surface area contributed by atoms with Crippen molar-refractivity contribution in [3.63, 3.8) is 0 Å². The van der Waals surface area contributed by atoms with Crippen LogP contribution < -0.4 is 0 Å². The van der Waals surface area contributed by atoms with Crippen LogP contribution in [0.15, 0.2) is 24.3 Å². The predicted octanol–water partition coefficient (Wildman–Crippen LogP) is 4.53. The minimum Gasteiger partial charge on any atom is -0.376 e. The zero-order valence-corrected chi connectivity index (χ0v) is 10.9. The summed E-state index contributed by atoms with van der Waals surface area (Å²) in [5, 5.41) is 0. The molecule has 1 nitrogen and oxygen atoms in total. The Morgan fingerprint density at radius 2 is 1.89 bits per heavy atom. The standard InChI is InChI=1S/C14H19F3O/c1-10(2)7-11-5-4-6-12(8-11)13(18-3)9-14(15,16)17/h4-6,8,10,13H,7,9H2,1-3H3. The van der Waals surface area contributed by atoms with Gasteiger partial charge in [0.25, 0.3) is 0 Å². The zero-order valence-electron chi connectivity index (χ0n) is 10.9. The van der Waals surface area contributed by atoms with Crippen LogP contribution in [0, 0.1) is 5.92 Å². The Kier molecular flexibility index (Phi) is 5.20. The third-order valence-corrected chi connectivity index (χ3v) is 2.67. The average Bonchev–Trinajstić information content (AvgIpc) is 2.24. The van der Waals surface area contributed by atoms with Gasteiger partial charge in [-0.3, -0.25) is 0 Å². The third kappa shape index (κ3) is 5.08. The summed E-state index contributed by atoms with van der Waals surface area (Å²) in [7, 11) is 1.31. The number of methoxy groups -OCH3 is 1. The Hall–Kier alpha value is -1.03. The van der Waals surface area contributed by atoms with Gasteiger partial charge in [-0.05, 0) is 23.5 Å². The van der Waals surface area contributed by atoms with E-state index in [9.17, 15) is 13.2 Å². The highest BCUT2D eigenvalue weighted by atomic mass is 19.4. The monoisotopic (exact) mass is 260 g/mol. The topological polar surface area (TPSA) is 9.23 Å². The fourth-order valence-corrected chi connectivity index (χ4v) is 1.94. The average molecular weight is 260 g/mol. The van der Waals surface area contributed by atoms with Crippen molar-refractivity contribution in [1.82, 2.24) is 0 Å². The molecule has 0 N–H and O–H groups in total. The maximum atomic E-state index is 12.4. The van der Waals surface area contributed by atoms with Crippen LogP contribution >= 0.6 is 0 Å². The van der Waals surface area contributed by atoms with Crippen molar-refractivity contribution in [1.29, 1.82) is 0 Å². The summed E-state index contributed by atoms with van der Waals surface area (Å²) in [6, 6.07) is 7.21. The molecule has 0 bridgehead atoms. The van der Waals surface area contributed by atoms with Gasteiger partial charge in [0.2, 0.25) is 0 Å². The van der Waals surface area contributed by atoms with Crippen molar-refractivity contribution < 1.29 is 17.9 Å². The second kappa shape index (κ2) is 6.23. The van der Waals surface area contributed by atoms with Crippen LogP contribution in [0.25, 0.3) is 0 Å². The van der Waals surface area contributed by atoms with E-state index < -0.39 is 18.7 Å². The summed E-state index contributed by atoms with van der Waals surface area (Å²) in [5.74, 6) is 0.476. The number of benzene rings is 1. The molecule has 1 unspecified atom stereocenters. The molecule has 1 aromatic rings. The molecule has 1 rings (SSSR count). The van der Waals surface area contributed by atoms with Gasteiger partial charge in [0, 0.05) is 7.11 Å². The lowest BCUT2D eigenvalue weighted by molar-refractivity contribution is -0.158. The van der Waals surface area contributed by atoms with Crippen molar-refractivity contribution in [2.24, 2.45) is 5.92 Å². The first-order valence-electron chi connectivity index (χ1n) is 6.00. The molecule has 0 amide bonds. The zero-order chi connectivity index (χ0) is 13.8. The molecule has 0 aliphatic heterocycles. The molecule has 0 saturated heterocycles. The number of hydrogen-bond acceptors (Lipinski definition) is 1. The van der Waals surface area contributed by atoms with E-state index >= 15 is 0 Å². The van der Waals surface area contributed by atoms with Crippen molar-refractivity contribution in [2.75, 3.05) is 7.11 Å². The molecule has 18 heavy (non-hydrogen) atoms. The molecule has 1 aromatic carbocycles. The van der Waals surface area contributed by atoms with Gasteiger partial charge in [-0.1, -0.05) is 38.1 Å². The maximum Gasteiger partial charge on any atom is 0.391 e. The Morgan fingerprint density at radius 1 is 1.22 bits per heavy atom. The van der Waals surface area contributed by atoms with Crippen LogP contribution in [0.1, 0.15) is 37.5 Å². The van der Waals surface area contributed by atoms with E-state index in [2.05, 4.69) is 13.8 Å². The highest BCUT2D eigenvalue weighted by Gasteiger charge is 2.32. The van der Waals surface area contributed by atoms with E-state index in [1.54, 1.807) is 18.2 Å². The lowest BCUT2D eigenvalue weighted by Gasteiger charge is -2.18. The van der Waals surface area contributed by atoms with Crippen LogP contribution in [-0.4, -0.2) is 13.3 Å². The summed E-state index contributed by atoms with van der Waals surface area (Å²) in [6.45, 7) is 4.16. The first-order chi connectivity index (χ1) is 8.31. The lowest BCUT2D eigenvalue weighted by atomic mass is 9.98. The fourth-order valence-electron chi connectivity index (χ4n) is 1.94. The van der Waals surface area contributed by atoms with Gasteiger partial charge >= 0.3 is 6.18 Å². The number of alkyl halides is 3. The van der Waals surface area contributed by atoms with Crippen molar-refractivity contribution >= 4 is 0 Å². The van der Waals surface area contributed by atoms with E-state index in [0.29, 0.717) is 11.5 Å². The van der Waals surface area contributed by atoms with Gasteiger partial charge in [-0.2, -0.15) is 13.2 Å². The molecule has 0 saturated carbocycles. The molecule has 1 atom stereocenters. The largest absolute Gasteiger partial charge is 0.391 e. The third-order valence-electron chi connectivity index (χ3n) is 2.67. The Balaban J connectivity index is 2.86. The van der Waals surface area contributed by atoms with Crippen molar-refractivity contribution in [3.05, 3.63) is 35.4 Å². The predicted molar refractivity (Wildman–Crippen MR) is 65.4 cm³/mol. The first kappa shape index (κ1) is 15.0. The van der Waals surface area contributed by atoms with Gasteiger partial charge in [0.05, 0.1) is 12.5 Å². The molecule has 4 heteroatoms. The second-order valence-electron chi connectivity index (χ2n) is 4.89. The summed E-state index contributed by atoms with van der Waals surface area (Å²) in [4.78, 5) is 0. The van der Waals surface area contributed by atoms with Crippen LogP contribution in [0.3, 0.4) is 0 Å². The molecule has 0 aliphatic rings. The van der Waals surface area contributed by atoms with Gasteiger partial charge in [0.15, 0.2) is 0 Å². The molecule has 0 spiro atoms. The molecule has 0 radical (unpaired) electrons. The van der Waals surface area contributed by atoms with Crippen molar-refractivity contribution in [2.45, 2.75) is 39.0 Å². The molecule has 0 aromatic heterocycles. The van der Waals surface area contributed by atoms with Gasteiger partial charge in [-0.25, -0.2) is 0 Å². The maximum absolute atomic E-state index is 12.4. The first-order valence-corrected chi connectivity index (χ1v) is 6.00. The van der Waals surface area contributed by atoms with E-state index in [-0.39, 0.29) is 0 Å². The molecule has 102 valence electrons. The van der Waals surface area contributed by atoms with Gasteiger partial charge in [0.1, 0.15) is 0 Å². The fraction of sp³-hybridized carbons (Fsp3) is 0.571. The summed E-state index contributed by atoms with van der Waals surface area (Å²) < 4.78 is 42.2. The van der Waals surface area contributed by atoms with E-state index in [1.807, 2.05) is 6.07 Å². The highest BCUT2D eigenvalue weighted by Crippen LogP contribution is 2.32. The van der Waals surface area contributed by atoms with Crippen LogP contribution in [-0.2, 0) is 11.2 Å². The minimum absolute atomic E-state index is 0.476. The molecule has 0 aliphatic carbocycles. The van der Waals surface area contributed by atoms with E-state index in [0.717, 1.165) is 12.0 Å². The van der Waals surface area contributed by atoms with E-state index in [4.69, 9.17) is 4.74 Å². The number of hydrogen-bond donors (Lipinski definition) is 0. The smallest absolute Gasteiger partial charge is 0.376 e. The quantitative estimate of drug-likeness (QED) is 0.756. The molecular weight excluding hydrogens is 241 g/mol. The van der Waals surface area contributed by atoms with Gasteiger partial charge in [-0.15, -0.1) is 0 Å². The van der Waals surface area contributed by atoms with Crippen molar-refractivity contribution in [3.8, 4) is 0 Å². The van der Waals surface area contributed by atoms with Crippen LogP contribution in [0.5, 0.6) is 0 Å². The minimum atomic E-state index is -4.21. The number of ether oxygens (including phenoxy) is 1. The summed E-state index contributed by atoms with van der Waals surface area (Å²) in [6.07, 6.45) is -5.23. The molecule has 0 fully saturated rings. The highest BCUT2D eigenvalue weighted by molar-refractivity contribution is 5.25. The summed E-state index contributed by atoms with van der Waals surface area (Å²) in [5.41, 5.74) is 1.64. The van der Waals surface area contributed by atoms with Gasteiger partial charge < -0.3 is 4.74 Å². The SMILES string of the molecule is COC(CC(F)(F)F)c1cccc(CC(C)C)c1. The Labute approximate surface area is 106 Å². The number of halogens is 3. The summed E-state index contributed by atoms with van der Waals surface area (Å²) >= 11 is 0. The Morgan fingerprint density at radius 3 is 2.39 bits per heavy atom. The normalized spacial score (nSPS) is 13.9. The molecular formula is C14H19F3O. The molecule has 0 heterocycles. The number of rotatable bonds is 5. The lowest BCUT2D eigenvalue weighted by Crippen LogP contribution is -2.15. The Bertz CT molecular complexity index is 372. The second-order valence-corrected chi connectivity index (χ2v) is 4.89.